The highest BCUT2D eigenvalue weighted by Crippen LogP contribution is 2.50. The topological polar surface area (TPSA) is 82.5 Å². The molecule has 0 saturated heterocycles. The lowest BCUT2D eigenvalue weighted by atomic mass is 9.84. The van der Waals surface area contributed by atoms with E-state index in [2.05, 4.69) is 10.1 Å². The van der Waals surface area contributed by atoms with Crippen LogP contribution >= 0.6 is 23.2 Å². The number of aryl methyl sites for hydroxylation is 1. The van der Waals surface area contributed by atoms with E-state index in [1.54, 1.807) is 35.1 Å². The molecule has 0 amide bonds. The Morgan fingerprint density at radius 1 is 0.946 bits per heavy atom. The van der Waals surface area contributed by atoms with Crippen molar-refractivity contribution in [3.05, 3.63) is 116 Å². The minimum absolute atomic E-state index is 0.297. The molecule has 9 heteroatoms. The van der Waals surface area contributed by atoms with Crippen LogP contribution in [-0.4, -0.2) is 19.6 Å². The van der Waals surface area contributed by atoms with E-state index in [1.165, 1.54) is 0 Å². The second-order valence-electron chi connectivity index (χ2n) is 8.79. The largest absolute Gasteiger partial charge is 0.437 e. The maximum Gasteiger partial charge on any atom is 0.344 e. The smallest absolute Gasteiger partial charge is 0.344 e. The number of benzene rings is 3. The van der Waals surface area contributed by atoms with Gasteiger partial charge in [0.2, 0.25) is 5.88 Å². The minimum atomic E-state index is -0.712. The fourth-order valence-electron chi connectivity index (χ4n) is 4.92. The molecule has 0 spiro atoms. The van der Waals surface area contributed by atoms with Gasteiger partial charge in [-0.25, -0.2) is 19.3 Å². The number of para-hydroxylation sites is 1. The zero-order valence-electron chi connectivity index (χ0n) is 19.3. The van der Waals surface area contributed by atoms with Crippen LogP contribution < -0.4 is 10.4 Å². The van der Waals surface area contributed by atoms with Crippen molar-refractivity contribution in [1.82, 2.24) is 19.6 Å². The minimum Gasteiger partial charge on any atom is -0.437 e. The zero-order chi connectivity index (χ0) is 25.3. The first-order chi connectivity index (χ1) is 18.0. The Kier molecular flexibility index (Phi) is 4.86. The molecular formula is C28H16Cl2N4O3. The van der Waals surface area contributed by atoms with Crippen LogP contribution in [0.3, 0.4) is 0 Å². The van der Waals surface area contributed by atoms with Crippen molar-refractivity contribution in [1.29, 1.82) is 0 Å². The summed E-state index contributed by atoms with van der Waals surface area (Å²) in [7, 11) is 0. The van der Waals surface area contributed by atoms with Crippen LogP contribution in [0.25, 0.3) is 28.0 Å². The molecule has 0 bridgehead atoms. The summed E-state index contributed by atoms with van der Waals surface area (Å²) >= 11 is 13.2. The Bertz CT molecular complexity index is 1950. The van der Waals surface area contributed by atoms with Crippen molar-refractivity contribution < 1.29 is 9.15 Å². The number of hydrogen-bond acceptors (Lipinski definition) is 6. The van der Waals surface area contributed by atoms with Crippen molar-refractivity contribution in [3.63, 3.8) is 0 Å². The van der Waals surface area contributed by atoms with Crippen LogP contribution in [0.15, 0.2) is 82.3 Å². The molecule has 37 heavy (non-hydrogen) atoms. The third-order valence-corrected chi connectivity index (χ3v) is 7.47. The SMILES string of the molecule is Cc1ccccc1-c1nc2c3c(ncn2n1)Oc1c(c(=O)oc2ccccc12)C3c1cccc(Cl)c1Cl. The second kappa shape index (κ2) is 8.16. The summed E-state index contributed by atoms with van der Waals surface area (Å²) in [5.41, 5.74) is 3.74. The predicted octanol–water partition coefficient (Wildman–Crippen LogP) is 6.80. The lowest BCUT2D eigenvalue weighted by Crippen LogP contribution is -2.22. The van der Waals surface area contributed by atoms with Crippen LogP contribution in [0.1, 0.15) is 28.2 Å². The molecule has 3 aromatic carbocycles. The Morgan fingerprint density at radius 3 is 2.62 bits per heavy atom. The van der Waals surface area contributed by atoms with Crippen LogP contribution in [-0.2, 0) is 0 Å². The Hall–Kier alpha value is -4.20. The van der Waals surface area contributed by atoms with Gasteiger partial charge < -0.3 is 9.15 Å². The first kappa shape index (κ1) is 22.0. The Morgan fingerprint density at radius 2 is 1.76 bits per heavy atom. The molecule has 6 aromatic rings. The fourth-order valence-corrected chi connectivity index (χ4v) is 5.34. The maximum absolute atomic E-state index is 13.5. The zero-order valence-corrected chi connectivity index (χ0v) is 20.8. The van der Waals surface area contributed by atoms with Crippen LogP contribution in [0.5, 0.6) is 11.6 Å². The van der Waals surface area contributed by atoms with Crippen molar-refractivity contribution >= 4 is 39.8 Å². The Labute approximate surface area is 219 Å². The Balaban J connectivity index is 1.58. The third-order valence-electron chi connectivity index (χ3n) is 6.64. The quantitative estimate of drug-likeness (QED) is 0.230. The van der Waals surface area contributed by atoms with Gasteiger partial charge in [0.05, 0.1) is 32.5 Å². The average Bonchev–Trinajstić information content (AvgIpc) is 3.34. The fraction of sp³-hybridized carbons (Fsp3) is 0.0714. The maximum atomic E-state index is 13.5. The van der Waals surface area contributed by atoms with Crippen molar-refractivity contribution in [2.75, 3.05) is 0 Å². The molecule has 0 N–H and O–H groups in total. The van der Waals surface area contributed by atoms with Gasteiger partial charge >= 0.3 is 5.63 Å². The number of hydrogen-bond donors (Lipinski definition) is 0. The molecule has 4 heterocycles. The summed E-state index contributed by atoms with van der Waals surface area (Å²) in [4.78, 5) is 22.9. The predicted molar refractivity (Wildman–Crippen MR) is 141 cm³/mol. The van der Waals surface area contributed by atoms with Gasteiger partial charge in [-0.3, -0.25) is 0 Å². The van der Waals surface area contributed by atoms with E-state index in [-0.39, 0.29) is 0 Å². The van der Waals surface area contributed by atoms with Gasteiger partial charge in [-0.1, -0.05) is 71.7 Å². The molecule has 180 valence electrons. The lowest BCUT2D eigenvalue weighted by molar-refractivity contribution is 0.422. The van der Waals surface area contributed by atoms with E-state index in [4.69, 9.17) is 37.3 Å². The van der Waals surface area contributed by atoms with Crippen LogP contribution in [0.4, 0.5) is 0 Å². The van der Waals surface area contributed by atoms with Gasteiger partial charge in [0.15, 0.2) is 17.2 Å². The summed E-state index contributed by atoms with van der Waals surface area (Å²) in [5.74, 6) is 0.493. The monoisotopic (exact) mass is 526 g/mol. The molecule has 1 aliphatic heterocycles. The van der Waals surface area contributed by atoms with Gasteiger partial charge in [0.25, 0.3) is 0 Å². The summed E-state index contributed by atoms with van der Waals surface area (Å²) in [6.07, 6.45) is 1.55. The van der Waals surface area contributed by atoms with Gasteiger partial charge in [-0.2, -0.15) is 0 Å². The van der Waals surface area contributed by atoms with Crippen LogP contribution in [0.2, 0.25) is 10.0 Å². The first-order valence-electron chi connectivity index (χ1n) is 11.5. The van der Waals surface area contributed by atoms with Gasteiger partial charge in [-0.15, -0.1) is 5.10 Å². The molecule has 7 nitrogen and oxygen atoms in total. The molecule has 0 aliphatic carbocycles. The van der Waals surface area contributed by atoms with E-state index < -0.39 is 11.5 Å². The molecule has 7 rings (SSSR count). The highest BCUT2D eigenvalue weighted by molar-refractivity contribution is 6.42. The second-order valence-corrected chi connectivity index (χ2v) is 9.57. The molecule has 0 fully saturated rings. The van der Waals surface area contributed by atoms with Crippen molar-refractivity contribution in [3.8, 4) is 23.0 Å². The molecule has 1 aliphatic rings. The van der Waals surface area contributed by atoms with Crippen LogP contribution in [0, 0.1) is 6.92 Å². The molecule has 1 unspecified atom stereocenters. The average molecular weight is 527 g/mol. The molecule has 0 radical (unpaired) electrons. The molecular weight excluding hydrogens is 511 g/mol. The molecule has 1 atom stereocenters. The van der Waals surface area contributed by atoms with E-state index >= 15 is 0 Å². The third kappa shape index (κ3) is 3.28. The summed E-state index contributed by atoms with van der Waals surface area (Å²) in [5, 5.41) is 6.01. The highest BCUT2D eigenvalue weighted by Gasteiger charge is 2.38. The van der Waals surface area contributed by atoms with Gasteiger partial charge in [-0.05, 0) is 36.2 Å². The van der Waals surface area contributed by atoms with E-state index in [0.717, 1.165) is 11.1 Å². The van der Waals surface area contributed by atoms with E-state index in [0.29, 0.717) is 60.8 Å². The normalized spacial score (nSPS) is 14.4. The number of rotatable bonds is 2. The first-order valence-corrected chi connectivity index (χ1v) is 12.3. The number of ether oxygens (including phenoxy) is 1. The number of fused-ring (bicyclic) bond motifs is 6. The van der Waals surface area contributed by atoms with Gasteiger partial charge in [0, 0.05) is 5.56 Å². The summed E-state index contributed by atoms with van der Waals surface area (Å²) in [6.45, 7) is 2.00. The number of aromatic nitrogens is 4. The van der Waals surface area contributed by atoms with Crippen molar-refractivity contribution in [2.45, 2.75) is 12.8 Å². The van der Waals surface area contributed by atoms with E-state index in [1.807, 2.05) is 49.4 Å². The number of nitrogens with zero attached hydrogens (tertiary/aromatic N) is 4. The molecule has 3 aromatic heterocycles. The standard InChI is InChI=1S/C28H16Cl2N4O3/c1-14-7-2-3-8-15(14)25-32-26-22-20(17-10-6-11-18(29)23(17)30)21-24(37-27(22)31-13-34(26)33-25)16-9-4-5-12-19(16)36-28(21)35/h2-13,20H,1H3. The number of halogens is 2. The summed E-state index contributed by atoms with van der Waals surface area (Å²) < 4.78 is 13.6. The van der Waals surface area contributed by atoms with E-state index in [9.17, 15) is 4.79 Å². The molecule has 0 saturated carbocycles. The van der Waals surface area contributed by atoms with Gasteiger partial charge in [0.1, 0.15) is 11.9 Å². The lowest BCUT2D eigenvalue weighted by Gasteiger charge is -2.28. The summed E-state index contributed by atoms with van der Waals surface area (Å²) in [6, 6.07) is 20.4. The van der Waals surface area contributed by atoms with Crippen molar-refractivity contribution in [2.24, 2.45) is 0 Å². The highest BCUT2D eigenvalue weighted by atomic mass is 35.5.